The molecule has 0 radical (unpaired) electrons. The number of aliphatic hydroxyl groups is 1. The number of hydrogen-bond donors (Lipinski definition) is 1. The Labute approximate surface area is 291 Å². The first-order valence-electron chi connectivity index (χ1n) is 16.9. The molecule has 4 aliphatic heterocycles. The molecule has 6 atom stereocenters. The van der Waals surface area contributed by atoms with Crippen LogP contribution >= 0.6 is 11.6 Å². The van der Waals surface area contributed by atoms with Crippen molar-refractivity contribution in [2.45, 2.75) is 50.0 Å². The maximum Gasteiger partial charge on any atom is 0.253 e. The number of carbonyl (C=O) groups excluding carboxylic acids is 3. The van der Waals surface area contributed by atoms with Gasteiger partial charge in [-0.05, 0) is 73.9 Å². The Morgan fingerprint density at radius 3 is 2.10 bits per heavy atom. The van der Waals surface area contributed by atoms with Crippen LogP contribution in [-0.2, 0) is 25.5 Å². The van der Waals surface area contributed by atoms with Gasteiger partial charge in [-0.15, -0.1) is 0 Å². The van der Waals surface area contributed by atoms with E-state index in [9.17, 15) is 14.7 Å². The molecule has 9 nitrogen and oxygen atoms in total. The van der Waals surface area contributed by atoms with Crippen LogP contribution in [0.2, 0.25) is 5.02 Å². The summed E-state index contributed by atoms with van der Waals surface area (Å²) in [5, 5.41) is 11.4. The second-order valence-corrected chi connectivity index (χ2v) is 13.4. The van der Waals surface area contributed by atoms with Gasteiger partial charge in [-0.2, -0.15) is 0 Å². The van der Waals surface area contributed by atoms with E-state index in [-0.39, 0.29) is 30.9 Å². The average Bonchev–Trinajstić information content (AvgIpc) is 3.41. The Kier molecular flexibility index (Phi) is 8.85. The van der Waals surface area contributed by atoms with Gasteiger partial charge < -0.3 is 29.3 Å². The van der Waals surface area contributed by atoms with Crippen LogP contribution in [0.25, 0.3) is 0 Å². The van der Waals surface area contributed by atoms with Crippen molar-refractivity contribution in [1.82, 2.24) is 4.90 Å². The van der Waals surface area contributed by atoms with Crippen molar-refractivity contribution in [2.75, 3.05) is 36.1 Å². The third-order valence-corrected chi connectivity index (χ3v) is 10.6. The number of hydrogen-bond acceptors (Lipinski definition) is 6. The Balaban J connectivity index is 1.35. The first-order valence-corrected chi connectivity index (χ1v) is 17.3. The van der Waals surface area contributed by atoms with E-state index in [0.29, 0.717) is 48.1 Å². The minimum Gasteiger partial charge on any atom is -0.494 e. The van der Waals surface area contributed by atoms with Gasteiger partial charge in [0, 0.05) is 29.5 Å². The quantitative estimate of drug-likeness (QED) is 0.312. The molecule has 2 fully saturated rings. The fraction of sp³-hybridized carbons (Fsp3) is 0.359. The Morgan fingerprint density at radius 2 is 1.47 bits per heavy atom. The van der Waals surface area contributed by atoms with E-state index in [1.54, 1.807) is 34.1 Å². The van der Waals surface area contributed by atoms with Gasteiger partial charge >= 0.3 is 0 Å². The van der Waals surface area contributed by atoms with E-state index in [0.717, 1.165) is 5.56 Å². The van der Waals surface area contributed by atoms with E-state index in [4.69, 9.17) is 21.1 Å². The molecule has 2 saturated heterocycles. The number of aliphatic hydroxyl groups excluding tert-OH is 1. The molecule has 3 amide bonds. The van der Waals surface area contributed by atoms with Crippen LogP contribution in [0, 0.1) is 11.8 Å². The lowest BCUT2D eigenvalue weighted by Crippen LogP contribution is -2.59. The van der Waals surface area contributed by atoms with E-state index in [2.05, 4.69) is 0 Å². The van der Waals surface area contributed by atoms with Gasteiger partial charge in [0.25, 0.3) is 5.91 Å². The van der Waals surface area contributed by atoms with Crippen LogP contribution in [0.1, 0.15) is 25.8 Å². The van der Waals surface area contributed by atoms with Crippen molar-refractivity contribution in [1.29, 1.82) is 0 Å². The summed E-state index contributed by atoms with van der Waals surface area (Å²) >= 11 is 6.20. The summed E-state index contributed by atoms with van der Waals surface area (Å²) in [5.41, 5.74) is -0.419. The largest absolute Gasteiger partial charge is 0.494 e. The summed E-state index contributed by atoms with van der Waals surface area (Å²) in [6.07, 6.45) is 8.25. The second-order valence-electron chi connectivity index (χ2n) is 13.0. The summed E-state index contributed by atoms with van der Waals surface area (Å²) in [4.78, 5) is 49.8. The lowest BCUT2D eigenvalue weighted by molar-refractivity contribution is -0.149. The molecule has 3 aromatic carbocycles. The second kappa shape index (κ2) is 13.1. The van der Waals surface area contributed by atoms with Crippen LogP contribution in [0.3, 0.4) is 0 Å². The fourth-order valence-electron chi connectivity index (χ4n) is 8.20. The maximum absolute atomic E-state index is 15.1. The van der Waals surface area contributed by atoms with E-state index in [1.807, 2.05) is 92.7 Å². The van der Waals surface area contributed by atoms with Crippen LogP contribution in [-0.4, -0.2) is 77.3 Å². The zero-order valence-corrected chi connectivity index (χ0v) is 28.3. The lowest BCUT2D eigenvalue weighted by Gasteiger charge is -2.41. The van der Waals surface area contributed by atoms with E-state index < -0.39 is 35.1 Å². The van der Waals surface area contributed by atoms with E-state index in [1.165, 1.54) is 4.90 Å². The first-order chi connectivity index (χ1) is 23.8. The van der Waals surface area contributed by atoms with Gasteiger partial charge in [0.1, 0.15) is 17.4 Å². The molecule has 1 spiro atoms. The number of amides is 3. The van der Waals surface area contributed by atoms with E-state index >= 15 is 4.79 Å². The third-order valence-electron chi connectivity index (χ3n) is 10.4. The summed E-state index contributed by atoms with van der Waals surface area (Å²) < 4.78 is 12.8. The molecular formula is C39H40ClN3O6. The molecule has 0 aliphatic carbocycles. The molecule has 254 valence electrons. The van der Waals surface area contributed by atoms with Gasteiger partial charge in [0.05, 0.1) is 36.7 Å². The molecule has 4 heterocycles. The SMILES string of the molecule is CCOc1ccc(N2CC=C[C@]3(CC)O[C@]45C=CCN(c6ccc(Cl)cc6)C(=O)C4N([C@@H](CO)Cc4ccccc4)C(=O)[C@@H]5[C@@H]3C2=O)cc1. The van der Waals surface area contributed by atoms with Crippen molar-refractivity contribution >= 4 is 40.7 Å². The van der Waals surface area contributed by atoms with Crippen LogP contribution in [0.15, 0.2) is 103 Å². The number of nitrogens with zero attached hydrogens (tertiary/aromatic N) is 3. The number of fused-ring (bicyclic) bond motifs is 2. The number of ether oxygens (including phenoxy) is 2. The third kappa shape index (κ3) is 5.44. The molecule has 1 N–H and O–H groups in total. The molecule has 0 aromatic heterocycles. The van der Waals surface area contributed by atoms with Gasteiger partial charge in [-0.25, -0.2) is 0 Å². The molecule has 7 rings (SSSR count). The normalized spacial score (nSPS) is 28.2. The average molecular weight is 682 g/mol. The number of carbonyl (C=O) groups is 3. The van der Waals surface area contributed by atoms with Gasteiger partial charge in [0.2, 0.25) is 11.8 Å². The minimum absolute atomic E-state index is 0.227. The highest BCUT2D eigenvalue weighted by Gasteiger charge is 2.76. The molecular weight excluding hydrogens is 642 g/mol. The number of halogens is 1. The van der Waals surface area contributed by atoms with Crippen LogP contribution < -0.4 is 14.5 Å². The number of anilines is 2. The van der Waals surface area contributed by atoms with Crippen molar-refractivity contribution in [3.8, 4) is 5.75 Å². The lowest BCUT2D eigenvalue weighted by atomic mass is 9.73. The Bertz CT molecular complexity index is 1780. The van der Waals surface area contributed by atoms with Crippen molar-refractivity contribution in [2.24, 2.45) is 11.8 Å². The Morgan fingerprint density at radius 1 is 0.837 bits per heavy atom. The predicted molar refractivity (Wildman–Crippen MR) is 188 cm³/mol. The summed E-state index contributed by atoms with van der Waals surface area (Å²) in [6, 6.07) is 22.0. The molecule has 1 unspecified atom stereocenters. The highest BCUT2D eigenvalue weighted by Crippen LogP contribution is 2.59. The van der Waals surface area contributed by atoms with Crippen molar-refractivity contribution < 1.29 is 29.0 Å². The number of benzene rings is 3. The summed E-state index contributed by atoms with van der Waals surface area (Å²) in [7, 11) is 0. The minimum atomic E-state index is -1.47. The van der Waals surface area contributed by atoms with Crippen LogP contribution in [0.5, 0.6) is 5.75 Å². The Hall–Kier alpha value is -4.44. The van der Waals surface area contributed by atoms with Crippen LogP contribution in [0.4, 0.5) is 11.4 Å². The predicted octanol–water partition coefficient (Wildman–Crippen LogP) is 5.21. The molecule has 0 bridgehead atoms. The topological polar surface area (TPSA) is 99.6 Å². The zero-order chi connectivity index (χ0) is 34.3. The fourth-order valence-corrected chi connectivity index (χ4v) is 8.33. The number of rotatable bonds is 9. The summed E-state index contributed by atoms with van der Waals surface area (Å²) in [6.45, 7) is 4.52. The highest BCUT2D eigenvalue weighted by molar-refractivity contribution is 6.30. The highest BCUT2D eigenvalue weighted by atomic mass is 35.5. The molecule has 4 aliphatic rings. The van der Waals surface area contributed by atoms with Gasteiger partial charge in [0.15, 0.2) is 0 Å². The monoisotopic (exact) mass is 681 g/mol. The van der Waals surface area contributed by atoms with Crippen molar-refractivity contribution in [3.05, 3.63) is 114 Å². The van der Waals surface area contributed by atoms with Crippen molar-refractivity contribution in [3.63, 3.8) is 0 Å². The van der Waals surface area contributed by atoms with Gasteiger partial charge in [-0.3, -0.25) is 14.4 Å². The molecule has 0 saturated carbocycles. The summed E-state index contributed by atoms with van der Waals surface area (Å²) in [5.74, 6) is -2.24. The van der Waals surface area contributed by atoms with Gasteiger partial charge in [-0.1, -0.05) is 73.2 Å². The zero-order valence-electron chi connectivity index (χ0n) is 27.6. The first kappa shape index (κ1) is 33.1. The molecule has 10 heteroatoms. The number of likely N-dealkylation sites (tertiary alicyclic amines) is 1. The smallest absolute Gasteiger partial charge is 0.253 e. The molecule has 49 heavy (non-hydrogen) atoms. The standard InChI is InChI=1S/C39H40ClN3O6/c1-3-38-20-8-22-41(29-16-18-31(19-17-29)48-4-2)35(45)32(38)33-36(46)43(30(25-44)24-26-10-6-5-7-11-26)34-37(47)42(23-9-21-39(33,34)49-38)28-14-12-27(40)13-15-28/h5-21,30,32-34,44H,3-4,22-25H2,1-2H3/t30-,32-,33+,34?,38+,39+/m1/s1. The maximum atomic E-state index is 15.1. The molecule has 3 aromatic rings.